The summed E-state index contributed by atoms with van der Waals surface area (Å²) in [5.74, 6) is 0.737. The normalized spacial score (nSPS) is 20.5. The van der Waals surface area contributed by atoms with Crippen molar-refractivity contribution in [3.8, 4) is 12.8 Å². The summed E-state index contributed by atoms with van der Waals surface area (Å²) >= 11 is 0. The summed E-state index contributed by atoms with van der Waals surface area (Å²) in [5.41, 5.74) is 0. The lowest BCUT2D eigenvalue weighted by molar-refractivity contribution is -0.162. The third-order valence-corrected chi connectivity index (χ3v) is 6.18. The van der Waals surface area contributed by atoms with Gasteiger partial charge in [0, 0.05) is 19.6 Å². The predicted molar refractivity (Wildman–Crippen MR) is 145 cm³/mol. The van der Waals surface area contributed by atoms with E-state index in [-0.39, 0.29) is 20.0 Å². The molecule has 0 radical (unpaired) electrons. The minimum Gasteiger partial charge on any atom is -0.466 e. The second-order valence-corrected chi connectivity index (χ2v) is 9.13. The summed E-state index contributed by atoms with van der Waals surface area (Å²) < 4.78 is 22.9. The molecular weight excluding hydrogens is 424 g/mol. The van der Waals surface area contributed by atoms with Crippen LogP contribution in [-0.2, 0) is 18.9 Å². The molecule has 0 bridgehead atoms. The van der Waals surface area contributed by atoms with Crippen LogP contribution in [0.25, 0.3) is 0 Å². The molecule has 2 atom stereocenters. The number of terminal acetylenes is 1. The van der Waals surface area contributed by atoms with Gasteiger partial charge in [-0.3, -0.25) is 0 Å². The highest BCUT2D eigenvalue weighted by molar-refractivity contribution is 5.07. The lowest BCUT2D eigenvalue weighted by Gasteiger charge is -2.22. The molecule has 0 N–H and O–H groups in total. The molecule has 198 valence electrons. The van der Waals surface area contributed by atoms with Gasteiger partial charge in [-0.25, -0.2) is 0 Å². The van der Waals surface area contributed by atoms with Crippen LogP contribution in [0.4, 0.5) is 0 Å². The van der Waals surface area contributed by atoms with Gasteiger partial charge in [0.25, 0.3) is 0 Å². The van der Waals surface area contributed by atoms with Crippen LogP contribution in [0.15, 0.2) is 24.5 Å². The van der Waals surface area contributed by atoms with Crippen LogP contribution in [0.2, 0.25) is 0 Å². The van der Waals surface area contributed by atoms with E-state index in [9.17, 15) is 0 Å². The van der Waals surface area contributed by atoms with Crippen molar-refractivity contribution in [2.75, 3.05) is 19.8 Å². The molecule has 34 heavy (non-hydrogen) atoms. The lowest BCUT2D eigenvalue weighted by atomic mass is 10.1. The van der Waals surface area contributed by atoms with Crippen molar-refractivity contribution in [1.82, 2.24) is 0 Å². The van der Waals surface area contributed by atoms with Gasteiger partial charge in [0.05, 0.1) is 6.61 Å². The first kappa shape index (κ1) is 32.7. The van der Waals surface area contributed by atoms with Gasteiger partial charge in [0.2, 0.25) is 0 Å². The molecule has 2 heterocycles. The van der Waals surface area contributed by atoms with Crippen molar-refractivity contribution in [2.45, 2.75) is 136 Å². The maximum atomic E-state index is 5.80. The second kappa shape index (κ2) is 24.8. The molecule has 0 aromatic rings. The van der Waals surface area contributed by atoms with Crippen molar-refractivity contribution in [3.63, 3.8) is 0 Å². The Labute approximate surface area is 211 Å². The van der Waals surface area contributed by atoms with E-state index in [1.165, 1.54) is 89.9 Å². The molecule has 0 aromatic carbocycles. The zero-order valence-corrected chi connectivity index (χ0v) is 21.2. The zero-order valence-electron chi connectivity index (χ0n) is 21.2. The Morgan fingerprint density at radius 2 is 1.26 bits per heavy atom. The van der Waals surface area contributed by atoms with Crippen LogP contribution in [-0.4, -0.2) is 32.4 Å². The van der Waals surface area contributed by atoms with Crippen molar-refractivity contribution < 1.29 is 18.9 Å². The van der Waals surface area contributed by atoms with E-state index in [1.807, 2.05) is 6.08 Å². The van der Waals surface area contributed by atoms with E-state index < -0.39 is 0 Å². The Hall–Kier alpha value is -1.28. The maximum Gasteiger partial charge on any atom is 0.199 e. The van der Waals surface area contributed by atoms with E-state index in [0.29, 0.717) is 0 Å². The Kier molecular flexibility index (Phi) is 23.9. The molecule has 0 amide bonds. The molecule has 2 rings (SSSR count). The maximum absolute atomic E-state index is 5.80. The van der Waals surface area contributed by atoms with Gasteiger partial charge in [-0.2, -0.15) is 0 Å². The van der Waals surface area contributed by atoms with Gasteiger partial charge >= 0.3 is 0 Å². The van der Waals surface area contributed by atoms with E-state index in [1.54, 1.807) is 0 Å². The minimum absolute atomic E-state index is 0. The van der Waals surface area contributed by atoms with Crippen molar-refractivity contribution >= 4 is 0 Å². The van der Waals surface area contributed by atoms with Gasteiger partial charge in [-0.15, -0.1) is 12.8 Å². The van der Waals surface area contributed by atoms with Crippen LogP contribution >= 0.6 is 0 Å². The molecule has 2 saturated heterocycles. The summed E-state index contributed by atoms with van der Waals surface area (Å²) in [6.45, 7) is 6.56. The molecule has 0 aliphatic carbocycles. The van der Waals surface area contributed by atoms with E-state index in [2.05, 4.69) is 25.5 Å². The average molecular weight is 479 g/mol. The lowest BCUT2D eigenvalue weighted by Crippen LogP contribution is -2.22. The summed E-state index contributed by atoms with van der Waals surface area (Å²) in [7, 11) is 0. The molecule has 2 aliphatic rings. The highest BCUT2D eigenvalue weighted by Gasteiger charge is 2.14. The molecule has 0 aromatic heterocycles. The van der Waals surface area contributed by atoms with Crippen LogP contribution in [0.5, 0.6) is 0 Å². The van der Waals surface area contributed by atoms with Crippen LogP contribution in [0.1, 0.15) is 123 Å². The quantitative estimate of drug-likeness (QED) is 0.0906. The first-order valence-electron chi connectivity index (χ1n) is 13.5. The summed E-state index contributed by atoms with van der Waals surface area (Å²) in [5, 5.41) is 0. The fourth-order valence-corrected chi connectivity index (χ4v) is 4.24. The van der Waals surface area contributed by atoms with Crippen molar-refractivity contribution in [2.24, 2.45) is 0 Å². The molecule has 2 unspecified atom stereocenters. The topological polar surface area (TPSA) is 36.9 Å². The Bertz CT molecular complexity index is 485. The Balaban J connectivity index is 0.00000353. The highest BCUT2D eigenvalue weighted by Crippen LogP contribution is 2.18. The average Bonchev–Trinajstić information content (AvgIpc) is 3.12. The largest absolute Gasteiger partial charge is 0.466 e. The Morgan fingerprint density at radius 3 is 1.94 bits per heavy atom. The summed E-state index contributed by atoms with van der Waals surface area (Å²) in [6.07, 6.45) is 34.7. The highest BCUT2D eigenvalue weighted by atomic mass is 16.7. The number of allylic oxidation sites excluding steroid dienone is 2. The first-order chi connectivity index (χ1) is 16.3. The third-order valence-electron chi connectivity index (χ3n) is 6.18. The molecule has 2 fully saturated rings. The van der Waals surface area contributed by atoms with Gasteiger partial charge in [-0.1, -0.05) is 77.9 Å². The number of hydrogen-bond acceptors (Lipinski definition) is 4. The van der Waals surface area contributed by atoms with E-state index in [0.717, 1.165) is 51.3 Å². The van der Waals surface area contributed by atoms with Gasteiger partial charge in [0.15, 0.2) is 12.6 Å². The van der Waals surface area contributed by atoms with Crippen molar-refractivity contribution in [1.29, 1.82) is 0 Å². The second-order valence-electron chi connectivity index (χ2n) is 9.13. The van der Waals surface area contributed by atoms with Crippen LogP contribution in [0.3, 0.4) is 0 Å². The van der Waals surface area contributed by atoms with E-state index in [4.69, 9.17) is 18.9 Å². The summed E-state index contributed by atoms with van der Waals surface area (Å²) in [6, 6.07) is 0. The van der Waals surface area contributed by atoms with Crippen LogP contribution < -0.4 is 0 Å². The number of rotatable bonds is 17. The van der Waals surface area contributed by atoms with Gasteiger partial charge < -0.3 is 18.9 Å². The monoisotopic (exact) mass is 478 g/mol. The molecular formula is C30H54O4. The molecule has 4 heteroatoms. The molecule has 0 saturated carbocycles. The summed E-state index contributed by atoms with van der Waals surface area (Å²) in [4.78, 5) is 0. The molecule has 4 nitrogen and oxygen atoms in total. The van der Waals surface area contributed by atoms with Crippen LogP contribution in [0, 0.1) is 12.8 Å². The number of hydrogen-bond donors (Lipinski definition) is 0. The SMILES string of the molecule is C.C#C.C=C(/C=C\CCCCCCCCCCCCOC1CCCCO1)OC1CCCCCO1. The third kappa shape index (κ3) is 19.1. The van der Waals surface area contributed by atoms with E-state index >= 15 is 0 Å². The smallest absolute Gasteiger partial charge is 0.199 e. The van der Waals surface area contributed by atoms with Crippen molar-refractivity contribution in [3.05, 3.63) is 24.5 Å². The minimum atomic E-state index is -0.0934. The predicted octanol–water partition coefficient (Wildman–Crippen LogP) is 8.71. The molecule has 2 aliphatic heterocycles. The fourth-order valence-electron chi connectivity index (χ4n) is 4.24. The van der Waals surface area contributed by atoms with Gasteiger partial charge in [-0.05, 0) is 57.4 Å². The number of unbranched alkanes of at least 4 members (excludes halogenated alkanes) is 10. The molecule has 0 spiro atoms. The Morgan fingerprint density at radius 1 is 0.735 bits per heavy atom. The zero-order chi connectivity index (χ0) is 23.8. The van der Waals surface area contributed by atoms with Gasteiger partial charge in [0.1, 0.15) is 5.76 Å². The standard InChI is InChI=1S/C27H48O4.C2H2.CH4/c1-25(31-27-21-14-12-17-23-30-27)19-13-10-8-6-4-2-3-5-7-9-11-16-22-28-26-20-15-18-24-29-26;1-2;/h13,19,26-27H,1-12,14-18,20-24H2;1-2H;1H4/b19-13-;;. The first-order valence-corrected chi connectivity index (χ1v) is 13.5. The number of ether oxygens (including phenoxy) is 4. The fraction of sp³-hybridized carbons (Fsp3) is 0.800.